The summed E-state index contributed by atoms with van der Waals surface area (Å²) < 4.78 is 5.95. The van der Waals surface area contributed by atoms with E-state index in [9.17, 15) is 9.90 Å². The smallest absolute Gasteiger partial charge is 0.336 e. The van der Waals surface area contributed by atoms with Crippen LogP contribution >= 0.6 is 15.9 Å². The van der Waals surface area contributed by atoms with E-state index in [-0.39, 0.29) is 5.56 Å². The monoisotopic (exact) mass is 357 g/mol. The molecule has 2 aromatic carbocycles. The van der Waals surface area contributed by atoms with Crippen molar-refractivity contribution >= 4 is 32.8 Å². The Morgan fingerprint density at radius 2 is 1.86 bits per heavy atom. The van der Waals surface area contributed by atoms with Gasteiger partial charge in [0.15, 0.2) is 0 Å². The number of rotatable bonds is 3. The van der Waals surface area contributed by atoms with Crippen LogP contribution in [0.2, 0.25) is 0 Å². The Labute approximate surface area is 135 Å². The van der Waals surface area contributed by atoms with E-state index in [0.29, 0.717) is 16.6 Å². The summed E-state index contributed by atoms with van der Waals surface area (Å²) in [5.74, 6) is -0.229. The fourth-order valence-electron chi connectivity index (χ4n) is 2.28. The predicted molar refractivity (Wildman–Crippen MR) is 88.4 cm³/mol. The third-order valence-electron chi connectivity index (χ3n) is 3.39. The van der Waals surface area contributed by atoms with Gasteiger partial charge in [0.05, 0.1) is 23.9 Å². The van der Waals surface area contributed by atoms with Gasteiger partial charge in [0.25, 0.3) is 0 Å². The molecule has 0 unspecified atom stereocenters. The third kappa shape index (κ3) is 2.67. The Balaban J connectivity index is 2.21. The molecule has 0 aliphatic heterocycles. The molecule has 1 heterocycles. The van der Waals surface area contributed by atoms with Crippen molar-refractivity contribution in [1.82, 2.24) is 4.98 Å². The van der Waals surface area contributed by atoms with E-state index < -0.39 is 5.97 Å². The zero-order valence-electron chi connectivity index (χ0n) is 11.7. The van der Waals surface area contributed by atoms with Gasteiger partial charge in [-0.25, -0.2) is 9.78 Å². The van der Waals surface area contributed by atoms with Crippen LogP contribution in [0.1, 0.15) is 10.4 Å². The number of hydrogen-bond acceptors (Lipinski definition) is 3. The number of fused-ring (bicyclic) bond motifs is 1. The molecular weight excluding hydrogens is 346 g/mol. The van der Waals surface area contributed by atoms with Crippen LogP contribution < -0.4 is 4.74 Å². The Hall–Kier alpha value is -2.40. The highest BCUT2D eigenvalue weighted by molar-refractivity contribution is 9.10. The van der Waals surface area contributed by atoms with Crippen molar-refractivity contribution in [2.45, 2.75) is 0 Å². The number of aromatic nitrogens is 1. The topological polar surface area (TPSA) is 59.4 Å². The number of carboxylic acid groups (broad SMARTS) is 1. The van der Waals surface area contributed by atoms with E-state index in [0.717, 1.165) is 15.8 Å². The fourth-order valence-corrected chi connectivity index (χ4v) is 2.65. The molecule has 5 heteroatoms. The molecule has 1 aromatic heterocycles. The summed E-state index contributed by atoms with van der Waals surface area (Å²) >= 11 is 3.36. The molecule has 22 heavy (non-hydrogen) atoms. The molecular formula is C17H12BrNO3. The van der Waals surface area contributed by atoms with Gasteiger partial charge in [0.1, 0.15) is 5.75 Å². The number of ether oxygens (including phenoxy) is 1. The van der Waals surface area contributed by atoms with Gasteiger partial charge in [-0.3, -0.25) is 0 Å². The van der Waals surface area contributed by atoms with Crippen molar-refractivity contribution in [3.8, 4) is 17.0 Å². The van der Waals surface area contributed by atoms with Gasteiger partial charge in [-0.05, 0) is 48.5 Å². The Morgan fingerprint density at radius 3 is 2.50 bits per heavy atom. The molecule has 0 radical (unpaired) electrons. The van der Waals surface area contributed by atoms with Crippen molar-refractivity contribution in [3.63, 3.8) is 0 Å². The molecule has 3 aromatic rings. The van der Waals surface area contributed by atoms with Crippen LogP contribution in [0.25, 0.3) is 22.2 Å². The number of aromatic carboxylic acids is 1. The lowest BCUT2D eigenvalue weighted by Gasteiger charge is -2.08. The first-order valence-electron chi connectivity index (χ1n) is 6.56. The van der Waals surface area contributed by atoms with E-state index in [2.05, 4.69) is 20.9 Å². The zero-order chi connectivity index (χ0) is 15.7. The number of nitrogens with zero attached hydrogens (tertiary/aromatic N) is 1. The van der Waals surface area contributed by atoms with E-state index in [1.54, 1.807) is 25.3 Å². The normalized spacial score (nSPS) is 10.6. The SMILES string of the molecule is COc1ccc(-c2cc(C(=O)O)c3cc(Br)ccc3n2)cc1. The Kier molecular flexibility index (Phi) is 3.81. The number of methoxy groups -OCH3 is 1. The minimum absolute atomic E-state index is 0.233. The minimum atomic E-state index is -0.972. The second-order valence-electron chi connectivity index (χ2n) is 4.75. The molecule has 0 aliphatic rings. The maximum Gasteiger partial charge on any atom is 0.336 e. The van der Waals surface area contributed by atoms with E-state index in [1.807, 2.05) is 30.3 Å². The second kappa shape index (κ2) is 5.77. The number of carboxylic acids is 1. The molecule has 0 amide bonds. The lowest BCUT2D eigenvalue weighted by molar-refractivity contribution is 0.0699. The largest absolute Gasteiger partial charge is 0.497 e. The lowest BCUT2D eigenvalue weighted by atomic mass is 10.0. The summed E-state index contributed by atoms with van der Waals surface area (Å²) in [5, 5.41) is 10.1. The maximum absolute atomic E-state index is 11.5. The number of pyridine rings is 1. The standard InChI is InChI=1S/C17H12BrNO3/c1-22-12-5-2-10(3-6-12)16-9-14(17(20)21)13-8-11(18)4-7-15(13)19-16/h2-9H,1H3,(H,20,21). The van der Waals surface area contributed by atoms with Crippen LogP contribution in [0.4, 0.5) is 0 Å². The first-order chi connectivity index (χ1) is 10.6. The lowest BCUT2D eigenvalue weighted by Crippen LogP contribution is -2.00. The Morgan fingerprint density at radius 1 is 1.14 bits per heavy atom. The number of benzene rings is 2. The average molecular weight is 358 g/mol. The third-order valence-corrected chi connectivity index (χ3v) is 3.88. The van der Waals surface area contributed by atoms with E-state index in [1.165, 1.54) is 0 Å². The Bertz CT molecular complexity index is 860. The fraction of sp³-hybridized carbons (Fsp3) is 0.0588. The van der Waals surface area contributed by atoms with Gasteiger partial charge in [-0.15, -0.1) is 0 Å². The average Bonchev–Trinajstić information content (AvgIpc) is 2.53. The van der Waals surface area contributed by atoms with E-state index in [4.69, 9.17) is 4.74 Å². The van der Waals surface area contributed by atoms with Gasteiger partial charge in [-0.1, -0.05) is 15.9 Å². The molecule has 0 saturated carbocycles. The van der Waals surface area contributed by atoms with Crippen molar-refractivity contribution in [2.24, 2.45) is 0 Å². The molecule has 4 nitrogen and oxygen atoms in total. The minimum Gasteiger partial charge on any atom is -0.497 e. The molecule has 1 N–H and O–H groups in total. The molecule has 0 fully saturated rings. The first kappa shape index (κ1) is 14.5. The summed E-state index contributed by atoms with van der Waals surface area (Å²) in [5.41, 5.74) is 2.34. The zero-order valence-corrected chi connectivity index (χ0v) is 13.3. The summed E-state index contributed by atoms with van der Waals surface area (Å²) in [6.45, 7) is 0. The van der Waals surface area contributed by atoms with Crippen LogP contribution in [0, 0.1) is 0 Å². The van der Waals surface area contributed by atoms with Gasteiger partial charge in [0, 0.05) is 15.4 Å². The molecule has 0 bridgehead atoms. The van der Waals surface area contributed by atoms with Gasteiger partial charge >= 0.3 is 5.97 Å². The first-order valence-corrected chi connectivity index (χ1v) is 7.36. The van der Waals surface area contributed by atoms with Crippen molar-refractivity contribution in [3.05, 3.63) is 58.6 Å². The van der Waals surface area contributed by atoms with Gasteiger partial charge in [0.2, 0.25) is 0 Å². The summed E-state index contributed by atoms with van der Waals surface area (Å²) in [6, 6.07) is 14.4. The van der Waals surface area contributed by atoms with Crippen molar-refractivity contribution < 1.29 is 14.6 Å². The number of hydrogen-bond donors (Lipinski definition) is 1. The summed E-state index contributed by atoms with van der Waals surface area (Å²) in [6.07, 6.45) is 0. The van der Waals surface area contributed by atoms with Crippen LogP contribution in [0.15, 0.2) is 53.0 Å². The highest BCUT2D eigenvalue weighted by atomic mass is 79.9. The molecule has 0 atom stereocenters. The van der Waals surface area contributed by atoms with Crippen LogP contribution in [0.3, 0.4) is 0 Å². The van der Waals surface area contributed by atoms with Crippen LogP contribution in [-0.2, 0) is 0 Å². The number of carbonyl (C=O) groups is 1. The summed E-state index contributed by atoms with van der Waals surface area (Å²) in [7, 11) is 1.60. The van der Waals surface area contributed by atoms with Crippen LogP contribution in [0.5, 0.6) is 5.75 Å². The number of halogens is 1. The predicted octanol–water partition coefficient (Wildman–Crippen LogP) is 4.37. The molecule has 3 rings (SSSR count). The highest BCUT2D eigenvalue weighted by Crippen LogP contribution is 2.28. The summed E-state index contributed by atoms with van der Waals surface area (Å²) in [4.78, 5) is 16.1. The molecule has 0 aliphatic carbocycles. The molecule has 0 saturated heterocycles. The molecule has 0 spiro atoms. The maximum atomic E-state index is 11.5. The van der Waals surface area contributed by atoms with E-state index >= 15 is 0 Å². The van der Waals surface area contributed by atoms with Gasteiger partial charge < -0.3 is 9.84 Å². The van der Waals surface area contributed by atoms with Crippen molar-refractivity contribution in [1.29, 1.82) is 0 Å². The highest BCUT2D eigenvalue weighted by Gasteiger charge is 2.13. The van der Waals surface area contributed by atoms with Gasteiger partial charge in [-0.2, -0.15) is 0 Å². The van der Waals surface area contributed by atoms with Crippen molar-refractivity contribution in [2.75, 3.05) is 7.11 Å². The second-order valence-corrected chi connectivity index (χ2v) is 5.67. The van der Waals surface area contributed by atoms with Crippen LogP contribution in [-0.4, -0.2) is 23.2 Å². The molecule has 110 valence electrons. The quantitative estimate of drug-likeness (QED) is 0.755.